The van der Waals surface area contributed by atoms with E-state index in [-0.39, 0.29) is 0 Å². The SMILES string of the molecule is CC(C)(N=C=O)c1cncs1. The van der Waals surface area contributed by atoms with Crippen molar-refractivity contribution in [2.75, 3.05) is 0 Å². The number of hydrogen-bond acceptors (Lipinski definition) is 4. The highest BCUT2D eigenvalue weighted by molar-refractivity contribution is 7.09. The van der Waals surface area contributed by atoms with Crippen LogP contribution in [-0.4, -0.2) is 11.1 Å². The number of aromatic nitrogens is 1. The zero-order valence-corrected chi connectivity index (χ0v) is 7.18. The Hall–Kier alpha value is -0.990. The number of thiazole rings is 1. The van der Waals surface area contributed by atoms with Gasteiger partial charge in [0.05, 0.1) is 10.4 Å². The highest BCUT2D eigenvalue weighted by atomic mass is 32.1. The monoisotopic (exact) mass is 168 g/mol. The first-order valence-electron chi connectivity index (χ1n) is 3.15. The molecule has 0 saturated heterocycles. The first-order chi connectivity index (χ1) is 5.17. The summed E-state index contributed by atoms with van der Waals surface area (Å²) in [7, 11) is 0. The van der Waals surface area contributed by atoms with Gasteiger partial charge in [-0.25, -0.2) is 4.79 Å². The van der Waals surface area contributed by atoms with Gasteiger partial charge < -0.3 is 0 Å². The molecular weight excluding hydrogens is 160 g/mol. The maximum atomic E-state index is 10.0. The fourth-order valence-corrected chi connectivity index (χ4v) is 1.38. The van der Waals surface area contributed by atoms with Crippen LogP contribution in [0, 0.1) is 0 Å². The highest BCUT2D eigenvalue weighted by Gasteiger charge is 2.20. The molecule has 0 aliphatic heterocycles. The minimum Gasteiger partial charge on any atom is -0.253 e. The molecule has 0 aliphatic carbocycles. The van der Waals surface area contributed by atoms with Crippen molar-refractivity contribution >= 4 is 17.4 Å². The van der Waals surface area contributed by atoms with Crippen molar-refractivity contribution in [2.24, 2.45) is 4.99 Å². The first kappa shape index (κ1) is 8.11. The molecule has 1 aromatic rings. The Balaban J connectivity index is 2.99. The topological polar surface area (TPSA) is 42.3 Å². The Kier molecular flexibility index (Phi) is 2.17. The lowest BCUT2D eigenvalue weighted by atomic mass is 10.1. The maximum Gasteiger partial charge on any atom is 0.235 e. The summed E-state index contributed by atoms with van der Waals surface area (Å²) in [6.45, 7) is 3.71. The van der Waals surface area contributed by atoms with E-state index in [0.717, 1.165) is 4.88 Å². The average molecular weight is 168 g/mol. The summed E-state index contributed by atoms with van der Waals surface area (Å²) >= 11 is 1.49. The zero-order chi connectivity index (χ0) is 8.32. The van der Waals surface area contributed by atoms with E-state index in [9.17, 15) is 4.79 Å². The third kappa shape index (κ3) is 1.73. The molecule has 3 nitrogen and oxygen atoms in total. The Morgan fingerprint density at radius 1 is 1.73 bits per heavy atom. The smallest absolute Gasteiger partial charge is 0.235 e. The Morgan fingerprint density at radius 2 is 2.45 bits per heavy atom. The van der Waals surface area contributed by atoms with Gasteiger partial charge in [0, 0.05) is 6.20 Å². The van der Waals surface area contributed by atoms with E-state index >= 15 is 0 Å². The molecule has 0 atom stereocenters. The van der Waals surface area contributed by atoms with Gasteiger partial charge in [-0.2, -0.15) is 4.99 Å². The summed E-state index contributed by atoms with van der Waals surface area (Å²) in [5, 5.41) is 0. The Bertz CT molecular complexity index is 273. The van der Waals surface area contributed by atoms with Gasteiger partial charge in [0.15, 0.2) is 0 Å². The van der Waals surface area contributed by atoms with Crippen LogP contribution in [0.3, 0.4) is 0 Å². The molecule has 0 amide bonds. The molecule has 0 spiro atoms. The molecule has 1 rings (SSSR count). The summed E-state index contributed by atoms with van der Waals surface area (Å²) in [4.78, 5) is 18.5. The highest BCUT2D eigenvalue weighted by Crippen LogP contribution is 2.26. The summed E-state index contributed by atoms with van der Waals surface area (Å²) in [5.74, 6) is 0. The van der Waals surface area contributed by atoms with Gasteiger partial charge in [-0.15, -0.1) is 11.3 Å². The van der Waals surface area contributed by atoms with Crippen LogP contribution in [0.4, 0.5) is 0 Å². The van der Waals surface area contributed by atoms with Crippen LogP contribution in [-0.2, 0) is 10.3 Å². The van der Waals surface area contributed by atoms with Crippen molar-refractivity contribution in [2.45, 2.75) is 19.4 Å². The summed E-state index contributed by atoms with van der Waals surface area (Å²) in [5.41, 5.74) is 1.25. The lowest BCUT2D eigenvalue weighted by molar-refractivity contribution is 0.528. The van der Waals surface area contributed by atoms with E-state index < -0.39 is 5.54 Å². The molecule has 4 heteroatoms. The molecule has 0 radical (unpaired) electrons. The third-order valence-electron chi connectivity index (χ3n) is 1.36. The molecule has 58 valence electrons. The number of rotatable bonds is 2. The minimum atomic E-state index is -0.469. The molecule has 1 heterocycles. The van der Waals surface area contributed by atoms with Crippen LogP contribution in [0.25, 0.3) is 0 Å². The molecule has 1 aromatic heterocycles. The lowest BCUT2D eigenvalue weighted by Gasteiger charge is -2.13. The number of hydrogen-bond donors (Lipinski definition) is 0. The second-order valence-electron chi connectivity index (χ2n) is 2.63. The molecule has 0 aliphatic rings. The van der Waals surface area contributed by atoms with E-state index in [4.69, 9.17) is 0 Å². The van der Waals surface area contributed by atoms with Crippen molar-refractivity contribution in [3.05, 3.63) is 16.6 Å². The Morgan fingerprint density at radius 3 is 2.91 bits per heavy atom. The average Bonchev–Trinajstić information content (AvgIpc) is 2.37. The number of aliphatic imine (C=N–C) groups is 1. The molecule has 0 bridgehead atoms. The van der Waals surface area contributed by atoms with Crippen LogP contribution in [0.1, 0.15) is 18.7 Å². The summed E-state index contributed by atoms with van der Waals surface area (Å²) in [6, 6.07) is 0. The van der Waals surface area contributed by atoms with Gasteiger partial charge >= 0.3 is 0 Å². The van der Waals surface area contributed by atoms with Crippen molar-refractivity contribution in [3.8, 4) is 0 Å². The van der Waals surface area contributed by atoms with E-state index in [1.54, 1.807) is 17.8 Å². The predicted molar refractivity (Wildman–Crippen MR) is 43.3 cm³/mol. The van der Waals surface area contributed by atoms with Gasteiger partial charge in [0.25, 0.3) is 0 Å². The van der Waals surface area contributed by atoms with Crippen molar-refractivity contribution < 1.29 is 4.79 Å². The Labute approximate surface area is 68.8 Å². The van der Waals surface area contributed by atoms with Gasteiger partial charge in [0.1, 0.15) is 5.54 Å². The molecule has 0 fully saturated rings. The number of nitrogens with zero attached hydrogens (tertiary/aromatic N) is 2. The summed E-state index contributed by atoms with van der Waals surface area (Å²) < 4.78 is 0. The predicted octanol–water partition coefficient (Wildman–Crippen LogP) is 1.71. The first-order valence-corrected chi connectivity index (χ1v) is 4.03. The molecule has 0 saturated carbocycles. The quantitative estimate of drug-likeness (QED) is 0.498. The van der Waals surface area contributed by atoms with Crippen LogP contribution in [0.5, 0.6) is 0 Å². The van der Waals surface area contributed by atoms with E-state index in [2.05, 4.69) is 9.98 Å². The second-order valence-corrected chi connectivity index (χ2v) is 3.51. The molecule has 0 aromatic carbocycles. The molecule has 0 N–H and O–H groups in total. The number of carbonyl (C=O) groups excluding carboxylic acids is 1. The summed E-state index contributed by atoms with van der Waals surface area (Å²) in [6.07, 6.45) is 3.26. The minimum absolute atomic E-state index is 0.469. The zero-order valence-electron chi connectivity index (χ0n) is 6.37. The van der Waals surface area contributed by atoms with Crippen LogP contribution in [0.2, 0.25) is 0 Å². The fraction of sp³-hybridized carbons (Fsp3) is 0.429. The normalized spacial score (nSPS) is 10.7. The number of isocyanates is 1. The van der Waals surface area contributed by atoms with Gasteiger partial charge in [-0.05, 0) is 13.8 Å². The standard InChI is InChI=1S/C7H8N2OS/c1-7(2,9-4-10)6-3-8-5-11-6/h3,5H,1-2H3. The van der Waals surface area contributed by atoms with E-state index in [1.807, 2.05) is 13.8 Å². The second kappa shape index (κ2) is 2.95. The van der Waals surface area contributed by atoms with Crippen LogP contribution >= 0.6 is 11.3 Å². The third-order valence-corrected chi connectivity index (χ3v) is 2.45. The van der Waals surface area contributed by atoms with Crippen LogP contribution < -0.4 is 0 Å². The van der Waals surface area contributed by atoms with Gasteiger partial charge in [0.2, 0.25) is 6.08 Å². The van der Waals surface area contributed by atoms with Gasteiger partial charge in [-0.3, -0.25) is 4.98 Å². The van der Waals surface area contributed by atoms with Crippen LogP contribution in [0.15, 0.2) is 16.7 Å². The molecular formula is C7H8N2OS. The fourth-order valence-electron chi connectivity index (χ4n) is 0.687. The van der Waals surface area contributed by atoms with Crippen molar-refractivity contribution in [3.63, 3.8) is 0 Å². The van der Waals surface area contributed by atoms with E-state index in [0.29, 0.717) is 0 Å². The largest absolute Gasteiger partial charge is 0.253 e. The van der Waals surface area contributed by atoms with Crippen molar-refractivity contribution in [1.82, 2.24) is 4.98 Å². The lowest BCUT2D eigenvalue weighted by Crippen LogP contribution is -2.10. The van der Waals surface area contributed by atoms with E-state index in [1.165, 1.54) is 11.3 Å². The van der Waals surface area contributed by atoms with Gasteiger partial charge in [-0.1, -0.05) is 0 Å². The van der Waals surface area contributed by atoms with Crippen molar-refractivity contribution in [1.29, 1.82) is 0 Å². The molecule has 11 heavy (non-hydrogen) atoms. The maximum absolute atomic E-state index is 10.0. The molecule has 0 unspecified atom stereocenters.